The average Bonchev–Trinajstić information content (AvgIpc) is 2.40. The molecule has 19 heavy (non-hydrogen) atoms. The second-order valence-electron chi connectivity index (χ2n) is 3.97. The van der Waals surface area contributed by atoms with Gasteiger partial charge in [0, 0.05) is 19.4 Å². The summed E-state index contributed by atoms with van der Waals surface area (Å²) in [6.45, 7) is 0.178. The van der Waals surface area contributed by atoms with E-state index in [1.165, 1.54) is 29.7 Å². The van der Waals surface area contributed by atoms with Gasteiger partial charge >= 0.3 is 0 Å². The molecule has 0 aliphatic heterocycles. The van der Waals surface area contributed by atoms with E-state index in [-0.39, 0.29) is 17.3 Å². The molecule has 2 N–H and O–H groups in total. The van der Waals surface area contributed by atoms with Crippen molar-refractivity contribution in [1.29, 1.82) is 0 Å². The molecule has 0 saturated heterocycles. The maximum atomic E-state index is 12.3. The number of pyridine rings is 2. The number of nitrogens with two attached hydrogens (primary N) is 1. The Hall–Kier alpha value is -1.99. The Labute approximate surface area is 112 Å². The highest BCUT2D eigenvalue weighted by Crippen LogP contribution is 2.19. The van der Waals surface area contributed by atoms with Crippen LogP contribution in [0.2, 0.25) is 0 Å². The third kappa shape index (κ3) is 2.88. The van der Waals surface area contributed by atoms with Gasteiger partial charge in [0.1, 0.15) is 10.7 Å². The number of sulfonamides is 1. The zero-order chi connectivity index (χ0) is 13.9. The number of anilines is 1. The standard InChI is InChI=1S/C12H14N4O2S/c1-16(9-10-5-2-3-7-14-10)19(17,18)11-6-4-8-15-12(11)13/h2-8H,9H2,1H3,(H2,13,15). The van der Waals surface area contributed by atoms with Crippen molar-refractivity contribution in [2.24, 2.45) is 0 Å². The summed E-state index contributed by atoms with van der Waals surface area (Å²) >= 11 is 0. The van der Waals surface area contributed by atoms with Crippen LogP contribution in [-0.4, -0.2) is 29.7 Å². The summed E-state index contributed by atoms with van der Waals surface area (Å²) in [6, 6.07) is 8.32. The van der Waals surface area contributed by atoms with Gasteiger partial charge in [0.15, 0.2) is 0 Å². The Morgan fingerprint density at radius 3 is 2.53 bits per heavy atom. The Kier molecular flexibility index (Phi) is 3.77. The van der Waals surface area contributed by atoms with Crippen LogP contribution in [0.4, 0.5) is 5.82 Å². The van der Waals surface area contributed by atoms with Crippen LogP contribution in [0.25, 0.3) is 0 Å². The van der Waals surface area contributed by atoms with Crippen molar-refractivity contribution >= 4 is 15.8 Å². The maximum Gasteiger partial charge on any atom is 0.246 e. The van der Waals surface area contributed by atoms with Gasteiger partial charge in [-0.15, -0.1) is 0 Å². The highest BCUT2D eigenvalue weighted by molar-refractivity contribution is 7.89. The van der Waals surface area contributed by atoms with Crippen LogP contribution < -0.4 is 5.73 Å². The van der Waals surface area contributed by atoms with E-state index in [9.17, 15) is 8.42 Å². The predicted octanol–water partition coefficient (Wildman–Crippen LogP) is 0.879. The number of rotatable bonds is 4. The van der Waals surface area contributed by atoms with Crippen LogP contribution >= 0.6 is 0 Å². The van der Waals surface area contributed by atoms with Crippen molar-refractivity contribution in [3.8, 4) is 0 Å². The summed E-state index contributed by atoms with van der Waals surface area (Å²) in [4.78, 5) is 7.89. The first-order chi connectivity index (χ1) is 9.01. The van der Waals surface area contributed by atoms with Crippen molar-refractivity contribution in [3.05, 3.63) is 48.4 Å². The van der Waals surface area contributed by atoms with Gasteiger partial charge in [-0.05, 0) is 24.3 Å². The van der Waals surface area contributed by atoms with Crippen LogP contribution in [0, 0.1) is 0 Å². The van der Waals surface area contributed by atoms with E-state index in [1.54, 1.807) is 24.4 Å². The molecular formula is C12H14N4O2S. The summed E-state index contributed by atoms with van der Waals surface area (Å²) in [6.07, 6.45) is 3.07. The zero-order valence-electron chi connectivity index (χ0n) is 10.4. The first-order valence-corrected chi connectivity index (χ1v) is 7.02. The van der Waals surface area contributed by atoms with E-state index in [0.717, 1.165) is 0 Å². The normalized spacial score (nSPS) is 11.7. The fourth-order valence-electron chi connectivity index (χ4n) is 1.59. The summed E-state index contributed by atoms with van der Waals surface area (Å²) in [7, 11) is -2.18. The van der Waals surface area contributed by atoms with Crippen LogP contribution in [-0.2, 0) is 16.6 Å². The highest BCUT2D eigenvalue weighted by atomic mass is 32.2. The SMILES string of the molecule is CN(Cc1ccccn1)S(=O)(=O)c1cccnc1N. The average molecular weight is 278 g/mol. The molecule has 0 aliphatic rings. The maximum absolute atomic E-state index is 12.3. The van der Waals surface area contributed by atoms with Gasteiger partial charge in [0.25, 0.3) is 0 Å². The molecule has 0 atom stereocenters. The van der Waals surface area contributed by atoms with Crippen LogP contribution in [0.15, 0.2) is 47.6 Å². The van der Waals surface area contributed by atoms with Gasteiger partial charge in [-0.3, -0.25) is 4.98 Å². The van der Waals surface area contributed by atoms with E-state index in [1.807, 2.05) is 0 Å². The molecule has 0 radical (unpaired) electrons. The number of nitrogen functional groups attached to an aromatic ring is 1. The molecule has 2 aromatic rings. The van der Waals surface area contributed by atoms with E-state index < -0.39 is 10.0 Å². The molecule has 0 amide bonds. The van der Waals surface area contributed by atoms with Crippen molar-refractivity contribution in [2.45, 2.75) is 11.4 Å². The van der Waals surface area contributed by atoms with E-state index in [4.69, 9.17) is 5.73 Å². The smallest absolute Gasteiger partial charge is 0.246 e. The first kappa shape index (κ1) is 13.4. The second kappa shape index (κ2) is 5.33. The molecule has 2 aromatic heterocycles. The minimum absolute atomic E-state index is 0.00429. The summed E-state index contributed by atoms with van der Waals surface area (Å²) in [5.74, 6) is -0.00429. The topological polar surface area (TPSA) is 89.2 Å². The Morgan fingerprint density at radius 2 is 1.89 bits per heavy atom. The van der Waals surface area contributed by atoms with E-state index in [2.05, 4.69) is 9.97 Å². The minimum Gasteiger partial charge on any atom is -0.383 e. The molecule has 0 fully saturated rings. The van der Waals surface area contributed by atoms with Crippen molar-refractivity contribution in [1.82, 2.24) is 14.3 Å². The molecule has 0 aliphatic carbocycles. The van der Waals surface area contributed by atoms with Gasteiger partial charge in [-0.1, -0.05) is 6.07 Å². The van der Waals surface area contributed by atoms with Crippen LogP contribution in [0.3, 0.4) is 0 Å². The fourth-order valence-corrected chi connectivity index (χ4v) is 2.80. The highest BCUT2D eigenvalue weighted by Gasteiger charge is 2.23. The molecule has 6 nitrogen and oxygen atoms in total. The predicted molar refractivity (Wildman–Crippen MR) is 71.5 cm³/mol. The van der Waals surface area contributed by atoms with Crippen LogP contribution in [0.1, 0.15) is 5.69 Å². The summed E-state index contributed by atoms with van der Waals surface area (Å²) in [5.41, 5.74) is 6.27. The number of hydrogen-bond donors (Lipinski definition) is 1. The molecule has 2 rings (SSSR count). The Balaban J connectivity index is 2.28. The van der Waals surface area contributed by atoms with Crippen molar-refractivity contribution < 1.29 is 8.42 Å². The molecule has 0 bridgehead atoms. The number of hydrogen-bond acceptors (Lipinski definition) is 5. The molecule has 0 aromatic carbocycles. The molecule has 2 heterocycles. The molecular weight excluding hydrogens is 264 g/mol. The third-order valence-corrected chi connectivity index (χ3v) is 4.45. The molecule has 100 valence electrons. The van der Waals surface area contributed by atoms with Gasteiger partial charge in [-0.25, -0.2) is 13.4 Å². The van der Waals surface area contributed by atoms with E-state index in [0.29, 0.717) is 5.69 Å². The monoisotopic (exact) mass is 278 g/mol. The lowest BCUT2D eigenvalue weighted by Gasteiger charge is -2.17. The van der Waals surface area contributed by atoms with Gasteiger partial charge in [0.2, 0.25) is 10.0 Å². The Morgan fingerprint density at radius 1 is 1.16 bits per heavy atom. The second-order valence-corrected chi connectivity index (χ2v) is 5.98. The molecule has 7 heteroatoms. The third-order valence-electron chi connectivity index (χ3n) is 2.60. The lowest BCUT2D eigenvalue weighted by molar-refractivity contribution is 0.462. The van der Waals surface area contributed by atoms with Gasteiger partial charge in [0.05, 0.1) is 12.2 Å². The number of nitrogens with zero attached hydrogens (tertiary/aromatic N) is 3. The van der Waals surface area contributed by atoms with Crippen LogP contribution in [0.5, 0.6) is 0 Å². The molecule has 0 spiro atoms. The Bertz CT molecular complexity index is 658. The first-order valence-electron chi connectivity index (χ1n) is 5.58. The van der Waals surface area contributed by atoms with Gasteiger partial charge in [-0.2, -0.15) is 4.31 Å². The lowest BCUT2D eigenvalue weighted by Crippen LogP contribution is -2.27. The van der Waals surface area contributed by atoms with Crippen molar-refractivity contribution in [2.75, 3.05) is 12.8 Å². The van der Waals surface area contributed by atoms with E-state index >= 15 is 0 Å². The largest absolute Gasteiger partial charge is 0.383 e. The molecule has 0 saturated carbocycles. The quantitative estimate of drug-likeness (QED) is 0.896. The van der Waals surface area contributed by atoms with Gasteiger partial charge < -0.3 is 5.73 Å². The zero-order valence-corrected chi connectivity index (χ0v) is 11.2. The fraction of sp³-hybridized carbons (Fsp3) is 0.167. The molecule has 0 unspecified atom stereocenters. The number of aromatic nitrogens is 2. The van der Waals surface area contributed by atoms with Crippen molar-refractivity contribution in [3.63, 3.8) is 0 Å². The summed E-state index contributed by atoms with van der Waals surface area (Å²) < 4.78 is 25.9. The summed E-state index contributed by atoms with van der Waals surface area (Å²) in [5, 5.41) is 0. The lowest BCUT2D eigenvalue weighted by atomic mass is 10.3. The minimum atomic E-state index is -3.66.